The number of rotatable bonds is 7. The van der Waals surface area contributed by atoms with Crippen molar-refractivity contribution in [2.75, 3.05) is 13.1 Å². The van der Waals surface area contributed by atoms with Crippen molar-refractivity contribution in [1.82, 2.24) is 10.2 Å². The molecule has 0 radical (unpaired) electrons. The van der Waals surface area contributed by atoms with Gasteiger partial charge in [0, 0.05) is 19.1 Å². The van der Waals surface area contributed by atoms with E-state index in [1.165, 1.54) is 38.5 Å². The standard InChI is InChI=1S/C12H24N2S/c1-3-5-9-14(10-6-4-2)12(15)13-11-7-8-11/h11H,3-10H2,1-2H3,(H,13,15). The van der Waals surface area contributed by atoms with Gasteiger partial charge in [0.2, 0.25) is 0 Å². The second-order valence-corrected chi connectivity index (χ2v) is 4.80. The van der Waals surface area contributed by atoms with Crippen LogP contribution in [0.25, 0.3) is 0 Å². The third kappa shape index (κ3) is 5.36. The molecule has 1 fully saturated rings. The highest BCUT2D eigenvalue weighted by atomic mass is 32.1. The van der Waals surface area contributed by atoms with Gasteiger partial charge in [-0.2, -0.15) is 0 Å². The largest absolute Gasteiger partial charge is 0.360 e. The van der Waals surface area contributed by atoms with Crippen LogP contribution >= 0.6 is 12.2 Å². The van der Waals surface area contributed by atoms with Crippen molar-refractivity contribution >= 4 is 17.3 Å². The summed E-state index contributed by atoms with van der Waals surface area (Å²) in [5, 5.41) is 4.41. The van der Waals surface area contributed by atoms with Crippen molar-refractivity contribution in [2.24, 2.45) is 0 Å². The molecule has 15 heavy (non-hydrogen) atoms. The smallest absolute Gasteiger partial charge is 0.169 e. The van der Waals surface area contributed by atoms with E-state index in [1.54, 1.807) is 0 Å². The molecular weight excluding hydrogens is 204 g/mol. The van der Waals surface area contributed by atoms with Crippen LogP contribution < -0.4 is 5.32 Å². The van der Waals surface area contributed by atoms with Crippen LogP contribution in [-0.4, -0.2) is 29.1 Å². The van der Waals surface area contributed by atoms with Crippen LogP contribution in [0.1, 0.15) is 52.4 Å². The second-order valence-electron chi connectivity index (χ2n) is 4.42. The number of hydrogen-bond acceptors (Lipinski definition) is 1. The van der Waals surface area contributed by atoms with E-state index in [0.29, 0.717) is 6.04 Å². The molecule has 0 aliphatic heterocycles. The van der Waals surface area contributed by atoms with Gasteiger partial charge in [0.05, 0.1) is 0 Å². The van der Waals surface area contributed by atoms with Gasteiger partial charge in [-0.25, -0.2) is 0 Å². The Labute approximate surface area is 99.4 Å². The maximum absolute atomic E-state index is 5.43. The molecule has 0 aromatic carbocycles. The van der Waals surface area contributed by atoms with E-state index >= 15 is 0 Å². The molecule has 0 atom stereocenters. The van der Waals surface area contributed by atoms with Crippen LogP contribution in [0.3, 0.4) is 0 Å². The number of hydrogen-bond donors (Lipinski definition) is 1. The summed E-state index contributed by atoms with van der Waals surface area (Å²) in [6.07, 6.45) is 7.58. The molecule has 1 aliphatic carbocycles. The molecule has 0 amide bonds. The van der Waals surface area contributed by atoms with Crippen LogP contribution in [0.2, 0.25) is 0 Å². The summed E-state index contributed by atoms with van der Waals surface area (Å²) in [6, 6.07) is 0.684. The normalized spacial score (nSPS) is 15.1. The summed E-state index contributed by atoms with van der Waals surface area (Å²) >= 11 is 5.43. The second kappa shape index (κ2) is 7.04. The summed E-state index contributed by atoms with van der Waals surface area (Å²) < 4.78 is 0. The van der Waals surface area contributed by atoms with Crippen LogP contribution in [0.4, 0.5) is 0 Å². The lowest BCUT2D eigenvalue weighted by Crippen LogP contribution is -2.41. The molecule has 2 nitrogen and oxygen atoms in total. The van der Waals surface area contributed by atoms with Crippen molar-refractivity contribution in [3.05, 3.63) is 0 Å². The zero-order chi connectivity index (χ0) is 11.1. The third-order valence-electron chi connectivity index (χ3n) is 2.76. The molecule has 0 bridgehead atoms. The highest BCUT2D eigenvalue weighted by Crippen LogP contribution is 2.19. The summed E-state index contributed by atoms with van der Waals surface area (Å²) in [6.45, 7) is 6.70. The molecule has 0 spiro atoms. The van der Waals surface area contributed by atoms with Crippen LogP contribution in [-0.2, 0) is 0 Å². The van der Waals surface area contributed by atoms with Gasteiger partial charge in [0.25, 0.3) is 0 Å². The highest BCUT2D eigenvalue weighted by Gasteiger charge is 2.23. The van der Waals surface area contributed by atoms with Crippen molar-refractivity contribution in [3.8, 4) is 0 Å². The maximum atomic E-state index is 5.43. The molecule has 0 heterocycles. The number of thiocarbonyl (C=S) groups is 1. The Morgan fingerprint density at radius 1 is 1.20 bits per heavy atom. The molecule has 1 saturated carbocycles. The quantitative estimate of drug-likeness (QED) is 0.675. The van der Waals surface area contributed by atoms with E-state index in [2.05, 4.69) is 24.1 Å². The van der Waals surface area contributed by atoms with E-state index in [4.69, 9.17) is 12.2 Å². The molecule has 1 rings (SSSR count). The van der Waals surface area contributed by atoms with Gasteiger partial charge in [-0.3, -0.25) is 0 Å². The predicted molar refractivity (Wildman–Crippen MR) is 70.1 cm³/mol. The number of nitrogens with one attached hydrogen (secondary N) is 1. The van der Waals surface area contributed by atoms with Gasteiger partial charge in [0.1, 0.15) is 0 Å². The Kier molecular flexibility index (Phi) is 5.99. The first-order valence-electron chi connectivity index (χ1n) is 6.33. The van der Waals surface area contributed by atoms with Gasteiger partial charge in [0.15, 0.2) is 5.11 Å². The van der Waals surface area contributed by atoms with Crippen molar-refractivity contribution in [2.45, 2.75) is 58.4 Å². The molecule has 0 aromatic heterocycles. The monoisotopic (exact) mass is 228 g/mol. The predicted octanol–water partition coefficient (Wildman–Crippen LogP) is 2.93. The molecule has 0 saturated heterocycles. The Bertz CT molecular complexity index is 182. The lowest BCUT2D eigenvalue weighted by Gasteiger charge is -2.25. The van der Waals surface area contributed by atoms with Crippen molar-refractivity contribution in [3.63, 3.8) is 0 Å². The van der Waals surface area contributed by atoms with E-state index in [-0.39, 0.29) is 0 Å². The van der Waals surface area contributed by atoms with E-state index in [0.717, 1.165) is 18.2 Å². The molecule has 1 N–H and O–H groups in total. The fourth-order valence-corrected chi connectivity index (χ4v) is 1.86. The average Bonchev–Trinajstić information content (AvgIpc) is 3.02. The highest BCUT2D eigenvalue weighted by molar-refractivity contribution is 7.80. The van der Waals surface area contributed by atoms with Crippen LogP contribution in [0, 0.1) is 0 Å². The average molecular weight is 228 g/mol. The minimum Gasteiger partial charge on any atom is -0.360 e. The fourth-order valence-electron chi connectivity index (χ4n) is 1.51. The Morgan fingerprint density at radius 3 is 2.13 bits per heavy atom. The van der Waals surface area contributed by atoms with Gasteiger partial charge in [-0.1, -0.05) is 26.7 Å². The lowest BCUT2D eigenvalue weighted by atomic mass is 10.3. The summed E-state index contributed by atoms with van der Waals surface area (Å²) in [4.78, 5) is 2.35. The molecular formula is C12H24N2S. The van der Waals surface area contributed by atoms with Gasteiger partial charge in [-0.15, -0.1) is 0 Å². The maximum Gasteiger partial charge on any atom is 0.169 e. The van der Waals surface area contributed by atoms with Gasteiger partial charge >= 0.3 is 0 Å². The molecule has 3 heteroatoms. The minimum atomic E-state index is 0.684. The Balaban J connectivity index is 2.26. The van der Waals surface area contributed by atoms with Crippen molar-refractivity contribution < 1.29 is 0 Å². The zero-order valence-electron chi connectivity index (χ0n) is 10.1. The van der Waals surface area contributed by atoms with Crippen LogP contribution in [0.15, 0.2) is 0 Å². The molecule has 1 aliphatic rings. The molecule has 0 unspecified atom stereocenters. The van der Waals surface area contributed by atoms with Crippen molar-refractivity contribution in [1.29, 1.82) is 0 Å². The first kappa shape index (κ1) is 12.8. The molecule has 88 valence electrons. The van der Waals surface area contributed by atoms with E-state index < -0.39 is 0 Å². The minimum absolute atomic E-state index is 0.684. The fraction of sp³-hybridized carbons (Fsp3) is 0.917. The van der Waals surface area contributed by atoms with E-state index in [1.807, 2.05) is 0 Å². The lowest BCUT2D eigenvalue weighted by molar-refractivity contribution is 0.392. The van der Waals surface area contributed by atoms with Crippen LogP contribution in [0.5, 0.6) is 0 Å². The summed E-state index contributed by atoms with van der Waals surface area (Å²) in [5.74, 6) is 0. The zero-order valence-corrected chi connectivity index (χ0v) is 10.9. The Hall–Kier alpha value is -0.310. The summed E-state index contributed by atoms with van der Waals surface area (Å²) in [5.41, 5.74) is 0. The molecule has 0 aromatic rings. The Morgan fingerprint density at radius 2 is 1.73 bits per heavy atom. The SMILES string of the molecule is CCCCN(CCCC)C(=S)NC1CC1. The third-order valence-corrected chi connectivity index (χ3v) is 3.13. The summed E-state index contributed by atoms with van der Waals surface area (Å²) in [7, 11) is 0. The topological polar surface area (TPSA) is 15.3 Å². The number of nitrogens with zero attached hydrogens (tertiary/aromatic N) is 1. The van der Waals surface area contributed by atoms with Gasteiger partial charge < -0.3 is 10.2 Å². The van der Waals surface area contributed by atoms with E-state index in [9.17, 15) is 0 Å². The first-order chi connectivity index (χ1) is 7.27. The van der Waals surface area contributed by atoms with Gasteiger partial charge in [-0.05, 0) is 37.9 Å². The number of unbranched alkanes of at least 4 members (excludes halogenated alkanes) is 2. The first-order valence-corrected chi connectivity index (χ1v) is 6.74.